The Labute approximate surface area is 82.0 Å². The van der Waals surface area contributed by atoms with Gasteiger partial charge < -0.3 is 0 Å². The first kappa shape index (κ1) is 10.3. The van der Waals surface area contributed by atoms with Gasteiger partial charge in [-0.15, -0.1) is 0 Å². The van der Waals surface area contributed by atoms with Gasteiger partial charge in [-0.05, 0) is 25.2 Å². The average molecular weight is 176 g/mol. The van der Waals surface area contributed by atoms with Crippen molar-refractivity contribution >= 4 is 0 Å². The third-order valence-electron chi connectivity index (χ3n) is 2.87. The Kier molecular flexibility index (Phi) is 4.01. The molecule has 1 aliphatic carbocycles. The van der Waals surface area contributed by atoms with Gasteiger partial charge in [0, 0.05) is 0 Å². The molecule has 0 aromatic heterocycles. The Morgan fingerprint density at radius 2 is 1.85 bits per heavy atom. The summed E-state index contributed by atoms with van der Waals surface area (Å²) < 4.78 is 0. The maximum absolute atomic E-state index is 4.12. The fourth-order valence-electron chi connectivity index (χ4n) is 1.78. The second kappa shape index (κ2) is 5.06. The van der Waals surface area contributed by atoms with Crippen LogP contribution >= 0.6 is 0 Å². The van der Waals surface area contributed by atoms with Gasteiger partial charge in [0.25, 0.3) is 0 Å². The van der Waals surface area contributed by atoms with Crippen molar-refractivity contribution < 1.29 is 0 Å². The summed E-state index contributed by atoms with van der Waals surface area (Å²) in [6, 6.07) is 0. The van der Waals surface area contributed by atoms with Gasteiger partial charge >= 0.3 is 0 Å². The van der Waals surface area contributed by atoms with Gasteiger partial charge in [0.2, 0.25) is 0 Å². The smallest absolute Gasteiger partial charge is 0.0168 e. The molecule has 0 aromatic carbocycles. The highest BCUT2D eigenvalue weighted by Gasteiger charge is 2.15. The van der Waals surface area contributed by atoms with Crippen molar-refractivity contribution in [3.8, 4) is 0 Å². The van der Waals surface area contributed by atoms with Crippen LogP contribution in [0.4, 0.5) is 0 Å². The summed E-state index contributed by atoms with van der Waals surface area (Å²) >= 11 is 0. The third kappa shape index (κ3) is 3.22. The molecule has 0 heteroatoms. The van der Waals surface area contributed by atoms with Crippen LogP contribution in [-0.4, -0.2) is 0 Å². The number of rotatable bonds is 4. The zero-order valence-corrected chi connectivity index (χ0v) is 8.68. The van der Waals surface area contributed by atoms with Crippen LogP contribution in [0.15, 0.2) is 36.5 Å². The van der Waals surface area contributed by atoms with Crippen LogP contribution in [0, 0.1) is 5.92 Å². The van der Waals surface area contributed by atoms with E-state index in [1.165, 1.54) is 36.8 Å². The standard InChI is InChI=1S/C13H20/c1-4-11(2)9-10-12(3)13-7-5-6-8-13/h9-10,13H,2-8H2,1H3/b10-9-. The highest BCUT2D eigenvalue weighted by Crippen LogP contribution is 2.30. The molecule has 0 spiro atoms. The lowest BCUT2D eigenvalue weighted by Crippen LogP contribution is -1.93. The molecule has 0 heterocycles. The molecule has 0 radical (unpaired) electrons. The first-order valence-corrected chi connectivity index (χ1v) is 5.28. The minimum atomic E-state index is 0.751. The first-order chi connectivity index (χ1) is 6.24. The summed E-state index contributed by atoms with van der Waals surface area (Å²) in [6.45, 7) is 10.2. The molecule has 0 unspecified atom stereocenters. The van der Waals surface area contributed by atoms with Gasteiger partial charge in [-0.1, -0.05) is 56.2 Å². The van der Waals surface area contributed by atoms with E-state index in [0.29, 0.717) is 0 Å². The Bertz CT molecular complexity index is 214. The molecule has 13 heavy (non-hydrogen) atoms. The fourth-order valence-corrected chi connectivity index (χ4v) is 1.78. The minimum absolute atomic E-state index is 0.751. The largest absolute Gasteiger partial charge is 0.0958 e. The second-order valence-electron chi connectivity index (χ2n) is 3.90. The molecule has 0 atom stereocenters. The van der Waals surface area contributed by atoms with Crippen molar-refractivity contribution in [1.82, 2.24) is 0 Å². The Hall–Kier alpha value is -0.780. The Morgan fingerprint density at radius 1 is 1.23 bits per heavy atom. The molecular weight excluding hydrogens is 156 g/mol. The molecule has 72 valence electrons. The van der Waals surface area contributed by atoms with Crippen LogP contribution in [0.25, 0.3) is 0 Å². The molecule has 0 nitrogen and oxygen atoms in total. The van der Waals surface area contributed by atoms with Crippen molar-refractivity contribution in [1.29, 1.82) is 0 Å². The van der Waals surface area contributed by atoms with Gasteiger partial charge in [-0.25, -0.2) is 0 Å². The maximum atomic E-state index is 4.12. The highest BCUT2D eigenvalue weighted by molar-refractivity contribution is 5.26. The summed E-state index contributed by atoms with van der Waals surface area (Å²) in [5.74, 6) is 0.751. The molecule has 1 fully saturated rings. The van der Waals surface area contributed by atoms with Gasteiger partial charge in [0.05, 0.1) is 0 Å². The van der Waals surface area contributed by atoms with E-state index in [0.717, 1.165) is 12.3 Å². The zero-order chi connectivity index (χ0) is 9.68. The molecule has 1 saturated carbocycles. The molecular formula is C13H20. The summed E-state index contributed by atoms with van der Waals surface area (Å²) in [5.41, 5.74) is 2.49. The van der Waals surface area contributed by atoms with Gasteiger partial charge in [-0.3, -0.25) is 0 Å². The lowest BCUT2D eigenvalue weighted by molar-refractivity contribution is 0.660. The van der Waals surface area contributed by atoms with Crippen molar-refractivity contribution in [2.45, 2.75) is 39.0 Å². The lowest BCUT2D eigenvalue weighted by Gasteiger charge is -2.07. The topological polar surface area (TPSA) is 0 Å². The van der Waals surface area contributed by atoms with E-state index in [4.69, 9.17) is 0 Å². The number of hydrogen-bond acceptors (Lipinski definition) is 0. The molecule has 1 rings (SSSR count). The van der Waals surface area contributed by atoms with E-state index in [1.807, 2.05) is 0 Å². The zero-order valence-electron chi connectivity index (χ0n) is 8.68. The molecule has 0 aliphatic heterocycles. The van der Waals surface area contributed by atoms with Crippen LogP contribution in [-0.2, 0) is 0 Å². The van der Waals surface area contributed by atoms with Gasteiger partial charge in [-0.2, -0.15) is 0 Å². The van der Waals surface area contributed by atoms with E-state index in [9.17, 15) is 0 Å². The predicted octanol–water partition coefficient (Wildman–Crippen LogP) is 4.26. The molecule has 0 aromatic rings. The van der Waals surface area contributed by atoms with E-state index < -0.39 is 0 Å². The highest BCUT2D eigenvalue weighted by atomic mass is 14.2. The van der Waals surface area contributed by atoms with Crippen molar-refractivity contribution in [3.63, 3.8) is 0 Å². The fraction of sp³-hybridized carbons (Fsp3) is 0.538. The SMILES string of the molecule is C=C(/C=C\C(=C)C1CCCC1)CC. The molecule has 1 aliphatic rings. The van der Waals surface area contributed by atoms with Crippen LogP contribution < -0.4 is 0 Å². The molecule has 0 saturated heterocycles. The van der Waals surface area contributed by atoms with Gasteiger partial charge in [0.15, 0.2) is 0 Å². The molecule has 0 bridgehead atoms. The summed E-state index contributed by atoms with van der Waals surface area (Å²) in [4.78, 5) is 0. The lowest BCUT2D eigenvalue weighted by atomic mass is 9.98. The average Bonchev–Trinajstić information content (AvgIpc) is 2.66. The van der Waals surface area contributed by atoms with E-state index >= 15 is 0 Å². The third-order valence-corrected chi connectivity index (χ3v) is 2.87. The van der Waals surface area contributed by atoms with Crippen molar-refractivity contribution in [2.75, 3.05) is 0 Å². The first-order valence-electron chi connectivity index (χ1n) is 5.28. The van der Waals surface area contributed by atoms with E-state index in [2.05, 4.69) is 32.2 Å². The number of allylic oxidation sites excluding steroid dienone is 4. The monoisotopic (exact) mass is 176 g/mol. The van der Waals surface area contributed by atoms with E-state index in [1.54, 1.807) is 0 Å². The summed E-state index contributed by atoms with van der Waals surface area (Å²) in [6.07, 6.45) is 10.7. The van der Waals surface area contributed by atoms with Crippen LogP contribution in [0.3, 0.4) is 0 Å². The number of hydrogen-bond donors (Lipinski definition) is 0. The normalized spacial score (nSPS) is 18.2. The molecule has 0 N–H and O–H groups in total. The van der Waals surface area contributed by atoms with Crippen molar-refractivity contribution in [3.05, 3.63) is 36.5 Å². The van der Waals surface area contributed by atoms with Crippen molar-refractivity contribution in [2.24, 2.45) is 5.92 Å². The van der Waals surface area contributed by atoms with Crippen LogP contribution in [0.2, 0.25) is 0 Å². The van der Waals surface area contributed by atoms with Gasteiger partial charge in [0.1, 0.15) is 0 Å². The Morgan fingerprint density at radius 3 is 2.38 bits per heavy atom. The van der Waals surface area contributed by atoms with Crippen LogP contribution in [0.5, 0.6) is 0 Å². The quantitative estimate of drug-likeness (QED) is 0.561. The summed E-state index contributed by atoms with van der Waals surface area (Å²) in [7, 11) is 0. The predicted molar refractivity (Wildman–Crippen MR) is 59.7 cm³/mol. The van der Waals surface area contributed by atoms with E-state index in [-0.39, 0.29) is 0 Å². The maximum Gasteiger partial charge on any atom is -0.0168 e. The van der Waals surface area contributed by atoms with Crippen LogP contribution in [0.1, 0.15) is 39.0 Å². The molecule has 0 amide bonds. The minimum Gasteiger partial charge on any atom is -0.0958 e. The summed E-state index contributed by atoms with van der Waals surface area (Å²) in [5, 5.41) is 0. The second-order valence-corrected chi connectivity index (χ2v) is 3.90. The Balaban J connectivity index is 2.39.